The minimum atomic E-state index is -0.290. The van der Waals surface area contributed by atoms with Crippen LogP contribution in [0.3, 0.4) is 0 Å². The third kappa shape index (κ3) is 3.76. The second-order valence-corrected chi connectivity index (χ2v) is 4.62. The van der Waals surface area contributed by atoms with E-state index in [1.165, 1.54) is 12.1 Å². The zero-order valence-corrected chi connectivity index (χ0v) is 10.7. The van der Waals surface area contributed by atoms with E-state index in [4.69, 9.17) is 5.26 Å². The molecule has 100 valence electrons. The maximum atomic E-state index is 12.8. The van der Waals surface area contributed by atoms with Gasteiger partial charge in [0.1, 0.15) is 5.82 Å². The van der Waals surface area contributed by atoms with Crippen molar-refractivity contribution in [3.8, 4) is 6.07 Å². The SMILES string of the molecule is N#CCN1CCN(C(=O)Cc2ccc(F)cc2)CC1. The quantitative estimate of drug-likeness (QED) is 0.764. The number of hydrogen-bond donors (Lipinski definition) is 0. The van der Waals surface area contributed by atoms with E-state index in [2.05, 4.69) is 6.07 Å². The lowest BCUT2D eigenvalue weighted by atomic mass is 10.1. The van der Waals surface area contributed by atoms with Crippen LogP contribution in [0.1, 0.15) is 5.56 Å². The standard InChI is InChI=1S/C14H16FN3O/c15-13-3-1-12(2-4-13)11-14(19)18-9-7-17(6-5-16)8-10-18/h1-4H,6-11H2. The molecule has 1 amide bonds. The Hall–Kier alpha value is -1.93. The first-order valence-corrected chi connectivity index (χ1v) is 6.30. The van der Waals surface area contributed by atoms with E-state index in [1.54, 1.807) is 17.0 Å². The molecule has 0 radical (unpaired) electrons. The molecular weight excluding hydrogens is 245 g/mol. The number of benzene rings is 1. The predicted octanol–water partition coefficient (Wildman–Crippen LogP) is 1.04. The van der Waals surface area contributed by atoms with Gasteiger partial charge in [0.05, 0.1) is 19.0 Å². The number of rotatable bonds is 3. The van der Waals surface area contributed by atoms with E-state index in [1.807, 2.05) is 4.90 Å². The van der Waals surface area contributed by atoms with Gasteiger partial charge in [0, 0.05) is 26.2 Å². The first-order chi connectivity index (χ1) is 9.19. The molecule has 1 saturated heterocycles. The Labute approximate surface area is 112 Å². The summed E-state index contributed by atoms with van der Waals surface area (Å²) in [6.45, 7) is 3.20. The molecule has 2 rings (SSSR count). The summed E-state index contributed by atoms with van der Waals surface area (Å²) >= 11 is 0. The first-order valence-electron chi connectivity index (χ1n) is 6.30. The second kappa shape index (κ2) is 6.30. The van der Waals surface area contributed by atoms with Gasteiger partial charge in [-0.25, -0.2) is 4.39 Å². The third-order valence-electron chi connectivity index (χ3n) is 3.29. The average molecular weight is 261 g/mol. The Balaban J connectivity index is 1.85. The minimum Gasteiger partial charge on any atom is -0.340 e. The summed E-state index contributed by atoms with van der Waals surface area (Å²) < 4.78 is 12.8. The van der Waals surface area contributed by atoms with Gasteiger partial charge in [-0.1, -0.05) is 12.1 Å². The number of carbonyl (C=O) groups excluding carboxylic acids is 1. The molecule has 5 heteroatoms. The molecule has 0 unspecified atom stereocenters. The van der Waals surface area contributed by atoms with E-state index >= 15 is 0 Å². The summed E-state index contributed by atoms with van der Waals surface area (Å²) in [4.78, 5) is 15.9. The minimum absolute atomic E-state index is 0.0585. The van der Waals surface area contributed by atoms with E-state index < -0.39 is 0 Å². The highest BCUT2D eigenvalue weighted by Gasteiger charge is 2.20. The average Bonchev–Trinajstić information content (AvgIpc) is 2.42. The summed E-state index contributed by atoms with van der Waals surface area (Å²) in [6, 6.07) is 8.13. The molecular formula is C14H16FN3O. The van der Waals surface area contributed by atoms with Crippen LogP contribution in [0.5, 0.6) is 0 Å². The maximum Gasteiger partial charge on any atom is 0.227 e. The van der Waals surface area contributed by atoms with E-state index in [9.17, 15) is 9.18 Å². The van der Waals surface area contributed by atoms with E-state index in [0.29, 0.717) is 26.1 Å². The van der Waals surface area contributed by atoms with Crippen molar-refractivity contribution in [2.45, 2.75) is 6.42 Å². The van der Waals surface area contributed by atoms with Crippen LogP contribution in [0.15, 0.2) is 24.3 Å². The fraction of sp³-hybridized carbons (Fsp3) is 0.429. The van der Waals surface area contributed by atoms with Crippen LogP contribution in [0, 0.1) is 17.1 Å². The molecule has 19 heavy (non-hydrogen) atoms. The molecule has 0 spiro atoms. The molecule has 0 atom stereocenters. The van der Waals surface area contributed by atoms with Crippen LogP contribution in [0.2, 0.25) is 0 Å². The van der Waals surface area contributed by atoms with Gasteiger partial charge in [-0.05, 0) is 17.7 Å². The lowest BCUT2D eigenvalue weighted by molar-refractivity contribution is -0.132. The number of hydrogen-bond acceptors (Lipinski definition) is 3. The summed E-state index contributed by atoms with van der Waals surface area (Å²) in [5.74, 6) is -0.232. The molecule has 1 fully saturated rings. The smallest absolute Gasteiger partial charge is 0.227 e. The van der Waals surface area contributed by atoms with Crippen LogP contribution >= 0.6 is 0 Å². The van der Waals surface area contributed by atoms with Crippen LogP contribution in [-0.4, -0.2) is 48.4 Å². The molecule has 0 bridgehead atoms. The molecule has 0 aromatic heterocycles. The highest BCUT2D eigenvalue weighted by Crippen LogP contribution is 2.08. The van der Waals surface area contributed by atoms with Gasteiger partial charge in [0.2, 0.25) is 5.91 Å². The van der Waals surface area contributed by atoms with Gasteiger partial charge in [0.25, 0.3) is 0 Å². The molecule has 4 nitrogen and oxygen atoms in total. The lowest BCUT2D eigenvalue weighted by Gasteiger charge is -2.33. The van der Waals surface area contributed by atoms with Gasteiger partial charge in [-0.2, -0.15) is 5.26 Å². The van der Waals surface area contributed by atoms with Crippen molar-refractivity contribution < 1.29 is 9.18 Å². The largest absolute Gasteiger partial charge is 0.340 e. The topological polar surface area (TPSA) is 47.3 Å². The third-order valence-corrected chi connectivity index (χ3v) is 3.29. The molecule has 1 aromatic rings. The molecule has 0 saturated carbocycles. The van der Waals surface area contributed by atoms with Crippen molar-refractivity contribution in [1.29, 1.82) is 5.26 Å². The summed E-state index contributed by atoms with van der Waals surface area (Å²) in [5.41, 5.74) is 0.825. The van der Waals surface area contributed by atoms with Crippen molar-refractivity contribution >= 4 is 5.91 Å². The molecule has 0 N–H and O–H groups in total. The summed E-state index contributed by atoms with van der Waals surface area (Å²) in [5, 5.41) is 8.61. The molecule has 1 aliphatic rings. The molecule has 1 heterocycles. The van der Waals surface area contributed by atoms with Gasteiger partial charge < -0.3 is 4.90 Å². The van der Waals surface area contributed by atoms with Gasteiger partial charge in [0.15, 0.2) is 0 Å². The van der Waals surface area contributed by atoms with E-state index in [0.717, 1.165) is 18.7 Å². The van der Waals surface area contributed by atoms with Gasteiger partial charge in [-0.3, -0.25) is 9.69 Å². The zero-order valence-electron chi connectivity index (χ0n) is 10.7. The summed E-state index contributed by atoms with van der Waals surface area (Å²) in [7, 11) is 0. The van der Waals surface area contributed by atoms with Crippen molar-refractivity contribution in [2.24, 2.45) is 0 Å². The Morgan fingerprint density at radius 1 is 1.21 bits per heavy atom. The Bertz CT molecular complexity index is 472. The number of halogens is 1. The van der Waals surface area contributed by atoms with Crippen molar-refractivity contribution in [3.63, 3.8) is 0 Å². The Kier molecular flexibility index (Phi) is 4.48. The molecule has 0 aliphatic carbocycles. The predicted molar refractivity (Wildman–Crippen MR) is 68.7 cm³/mol. The van der Waals surface area contributed by atoms with Crippen molar-refractivity contribution in [1.82, 2.24) is 9.80 Å². The number of amides is 1. The number of nitrogens with zero attached hydrogens (tertiary/aromatic N) is 3. The maximum absolute atomic E-state index is 12.8. The first kappa shape index (κ1) is 13.5. The number of carbonyl (C=O) groups is 1. The fourth-order valence-corrected chi connectivity index (χ4v) is 2.14. The Morgan fingerprint density at radius 3 is 2.42 bits per heavy atom. The van der Waals surface area contributed by atoms with Crippen LogP contribution in [0.25, 0.3) is 0 Å². The fourth-order valence-electron chi connectivity index (χ4n) is 2.14. The van der Waals surface area contributed by atoms with E-state index in [-0.39, 0.29) is 11.7 Å². The zero-order chi connectivity index (χ0) is 13.7. The monoisotopic (exact) mass is 261 g/mol. The number of nitriles is 1. The van der Waals surface area contributed by atoms with Crippen LogP contribution in [0.4, 0.5) is 4.39 Å². The van der Waals surface area contributed by atoms with Crippen LogP contribution < -0.4 is 0 Å². The normalized spacial score (nSPS) is 16.1. The summed E-state index contributed by atoms with van der Waals surface area (Å²) in [6.07, 6.45) is 0.304. The second-order valence-electron chi connectivity index (χ2n) is 4.62. The lowest BCUT2D eigenvalue weighted by Crippen LogP contribution is -2.49. The van der Waals surface area contributed by atoms with Gasteiger partial charge in [-0.15, -0.1) is 0 Å². The number of piperazine rings is 1. The van der Waals surface area contributed by atoms with Gasteiger partial charge >= 0.3 is 0 Å². The van der Waals surface area contributed by atoms with Crippen molar-refractivity contribution in [2.75, 3.05) is 32.7 Å². The Morgan fingerprint density at radius 2 is 1.84 bits per heavy atom. The highest BCUT2D eigenvalue weighted by atomic mass is 19.1. The van der Waals surface area contributed by atoms with Crippen LogP contribution in [-0.2, 0) is 11.2 Å². The molecule has 1 aliphatic heterocycles. The highest BCUT2D eigenvalue weighted by molar-refractivity contribution is 5.78. The molecule has 1 aromatic carbocycles. The van der Waals surface area contributed by atoms with Crippen molar-refractivity contribution in [3.05, 3.63) is 35.6 Å².